The number of esters is 1. The topological polar surface area (TPSA) is 113 Å². The summed E-state index contributed by atoms with van der Waals surface area (Å²) in [6.07, 6.45) is 1.23. The number of fused-ring (bicyclic) bond motifs is 1. The third kappa shape index (κ3) is 5.82. The van der Waals surface area contributed by atoms with Gasteiger partial charge in [-0.1, -0.05) is 0 Å². The van der Waals surface area contributed by atoms with Gasteiger partial charge in [0.25, 0.3) is 5.91 Å². The fourth-order valence-corrected chi connectivity index (χ4v) is 3.27. The number of hydrogen-bond donors (Lipinski definition) is 1. The van der Waals surface area contributed by atoms with Gasteiger partial charge in [-0.3, -0.25) is 9.59 Å². The van der Waals surface area contributed by atoms with Crippen LogP contribution in [-0.4, -0.2) is 32.2 Å². The minimum Gasteiger partial charge on any atom is -0.497 e. The average molecular weight is 489 g/mol. The molecule has 36 heavy (non-hydrogen) atoms. The molecule has 0 aliphatic rings. The van der Waals surface area contributed by atoms with E-state index >= 15 is 0 Å². The van der Waals surface area contributed by atoms with Gasteiger partial charge in [0.1, 0.15) is 29.1 Å². The van der Waals surface area contributed by atoms with Crippen LogP contribution in [-0.2, 0) is 9.53 Å². The summed E-state index contributed by atoms with van der Waals surface area (Å²) in [5.41, 5.74) is 0.837. The normalized spacial score (nSPS) is 10.5. The quantitative estimate of drug-likeness (QED) is 0.334. The molecule has 184 valence electrons. The lowest BCUT2D eigenvalue weighted by Crippen LogP contribution is -2.20. The first-order valence-electron chi connectivity index (χ1n) is 11.0. The Kier molecular flexibility index (Phi) is 7.50. The molecule has 0 saturated heterocycles. The zero-order chi connectivity index (χ0) is 25.5. The van der Waals surface area contributed by atoms with Gasteiger partial charge in [0.2, 0.25) is 11.2 Å². The van der Waals surface area contributed by atoms with Gasteiger partial charge in [0, 0.05) is 11.8 Å². The number of anilines is 1. The predicted molar refractivity (Wildman–Crippen MR) is 132 cm³/mol. The maximum atomic E-state index is 12.8. The van der Waals surface area contributed by atoms with Crippen LogP contribution in [0, 0.1) is 0 Å². The van der Waals surface area contributed by atoms with Crippen LogP contribution in [0.15, 0.2) is 82.2 Å². The molecule has 0 saturated carbocycles. The summed E-state index contributed by atoms with van der Waals surface area (Å²) in [7, 11) is 1.56. The number of hydrogen-bond acceptors (Lipinski definition) is 8. The number of benzene rings is 3. The fraction of sp³-hybridized carbons (Fsp3) is 0.148. The molecule has 4 aromatic rings. The van der Waals surface area contributed by atoms with Crippen LogP contribution in [0.5, 0.6) is 23.0 Å². The maximum Gasteiger partial charge on any atom is 0.338 e. The molecule has 0 fully saturated rings. The number of rotatable bonds is 9. The van der Waals surface area contributed by atoms with E-state index in [1.807, 2.05) is 0 Å². The van der Waals surface area contributed by atoms with E-state index in [0.29, 0.717) is 33.9 Å². The SMILES string of the molecule is CCOC(=O)c1ccc(NC(=O)COc2ccc3c(=O)c(Oc4ccc(OC)cc4)coc3c2)cc1. The van der Waals surface area contributed by atoms with Gasteiger partial charge in [-0.05, 0) is 67.6 Å². The smallest absolute Gasteiger partial charge is 0.338 e. The number of amides is 1. The fourth-order valence-electron chi connectivity index (χ4n) is 3.27. The van der Waals surface area contributed by atoms with E-state index in [9.17, 15) is 14.4 Å². The lowest BCUT2D eigenvalue weighted by Gasteiger charge is -2.09. The van der Waals surface area contributed by atoms with Crippen molar-refractivity contribution in [2.75, 3.05) is 25.6 Å². The minimum atomic E-state index is -0.430. The number of carbonyl (C=O) groups excluding carboxylic acids is 2. The number of methoxy groups -OCH3 is 1. The van der Waals surface area contributed by atoms with Crippen LogP contribution >= 0.6 is 0 Å². The summed E-state index contributed by atoms with van der Waals surface area (Å²) in [5, 5.41) is 2.99. The molecule has 0 atom stereocenters. The van der Waals surface area contributed by atoms with Crippen molar-refractivity contribution in [2.24, 2.45) is 0 Å². The lowest BCUT2D eigenvalue weighted by atomic mass is 10.2. The molecule has 4 rings (SSSR count). The number of nitrogens with one attached hydrogen (secondary N) is 1. The Labute approximate surface area is 206 Å². The first kappa shape index (κ1) is 24.3. The summed E-state index contributed by atoms with van der Waals surface area (Å²) >= 11 is 0. The molecule has 3 aromatic carbocycles. The minimum absolute atomic E-state index is 0.0367. The largest absolute Gasteiger partial charge is 0.497 e. The molecule has 0 spiro atoms. The van der Waals surface area contributed by atoms with Crippen LogP contribution in [0.25, 0.3) is 11.0 Å². The Morgan fingerprint density at radius 2 is 1.61 bits per heavy atom. The highest BCUT2D eigenvalue weighted by molar-refractivity contribution is 5.93. The standard InChI is InChI=1S/C27H23NO8/c1-3-33-27(31)17-4-6-18(7-5-17)28-25(29)16-34-21-12-13-22-23(14-21)35-15-24(26(22)30)36-20-10-8-19(32-2)9-11-20/h4-15H,3,16H2,1-2H3,(H,28,29). The Morgan fingerprint density at radius 3 is 2.31 bits per heavy atom. The van der Waals surface area contributed by atoms with E-state index in [1.165, 1.54) is 12.3 Å². The second-order valence-electron chi connectivity index (χ2n) is 7.50. The van der Waals surface area contributed by atoms with E-state index < -0.39 is 11.9 Å². The van der Waals surface area contributed by atoms with Crippen LogP contribution in [0.1, 0.15) is 17.3 Å². The predicted octanol–water partition coefficient (Wildman–Crippen LogP) is 4.79. The van der Waals surface area contributed by atoms with Gasteiger partial charge in [0.15, 0.2) is 6.61 Å². The highest BCUT2D eigenvalue weighted by atomic mass is 16.5. The van der Waals surface area contributed by atoms with E-state index in [4.69, 9.17) is 23.4 Å². The monoisotopic (exact) mass is 489 g/mol. The van der Waals surface area contributed by atoms with Crippen molar-refractivity contribution in [1.29, 1.82) is 0 Å². The average Bonchev–Trinajstić information content (AvgIpc) is 2.90. The van der Waals surface area contributed by atoms with Crippen molar-refractivity contribution in [2.45, 2.75) is 6.92 Å². The third-order valence-corrected chi connectivity index (χ3v) is 5.05. The van der Waals surface area contributed by atoms with Crippen molar-refractivity contribution in [3.05, 3.63) is 88.8 Å². The molecule has 9 nitrogen and oxygen atoms in total. The summed E-state index contributed by atoms with van der Waals surface area (Å²) in [4.78, 5) is 36.8. The van der Waals surface area contributed by atoms with Gasteiger partial charge in [-0.25, -0.2) is 4.79 Å². The van der Waals surface area contributed by atoms with Crippen molar-refractivity contribution >= 4 is 28.5 Å². The third-order valence-electron chi connectivity index (χ3n) is 5.05. The van der Waals surface area contributed by atoms with Crippen LogP contribution in [0.4, 0.5) is 5.69 Å². The molecule has 0 unspecified atom stereocenters. The highest BCUT2D eigenvalue weighted by Gasteiger charge is 2.12. The Morgan fingerprint density at radius 1 is 0.917 bits per heavy atom. The van der Waals surface area contributed by atoms with Gasteiger partial charge in [0.05, 0.1) is 24.7 Å². The van der Waals surface area contributed by atoms with E-state index in [2.05, 4.69) is 5.32 Å². The van der Waals surface area contributed by atoms with E-state index in [-0.39, 0.29) is 30.0 Å². The van der Waals surface area contributed by atoms with Crippen LogP contribution in [0.3, 0.4) is 0 Å². The van der Waals surface area contributed by atoms with Gasteiger partial charge in [-0.2, -0.15) is 0 Å². The first-order chi connectivity index (χ1) is 17.5. The summed E-state index contributed by atoms with van der Waals surface area (Å²) in [6.45, 7) is 1.74. The van der Waals surface area contributed by atoms with Crippen molar-refractivity contribution in [3.8, 4) is 23.0 Å². The second-order valence-corrected chi connectivity index (χ2v) is 7.50. The molecule has 1 aromatic heterocycles. The molecule has 0 aliphatic heterocycles. The van der Waals surface area contributed by atoms with Gasteiger partial charge in [-0.15, -0.1) is 0 Å². The Hall–Kier alpha value is -4.79. The number of carbonyl (C=O) groups is 2. The molecule has 1 amide bonds. The molecular weight excluding hydrogens is 466 g/mol. The van der Waals surface area contributed by atoms with Crippen LogP contribution in [0.2, 0.25) is 0 Å². The molecule has 1 N–H and O–H groups in total. The summed E-state index contributed by atoms with van der Waals surface area (Å²) in [6, 6.07) is 17.8. The number of ether oxygens (including phenoxy) is 4. The van der Waals surface area contributed by atoms with E-state index in [0.717, 1.165) is 0 Å². The maximum absolute atomic E-state index is 12.8. The zero-order valence-corrected chi connectivity index (χ0v) is 19.6. The van der Waals surface area contributed by atoms with Crippen LogP contribution < -0.4 is 25.0 Å². The molecule has 9 heteroatoms. The summed E-state index contributed by atoms with van der Waals surface area (Å²) in [5.74, 6) is 0.687. The Balaban J connectivity index is 1.37. The molecule has 0 aliphatic carbocycles. The van der Waals surface area contributed by atoms with Crippen molar-refractivity contribution in [3.63, 3.8) is 0 Å². The van der Waals surface area contributed by atoms with Gasteiger partial charge >= 0.3 is 5.97 Å². The van der Waals surface area contributed by atoms with Crippen molar-refractivity contribution in [1.82, 2.24) is 0 Å². The molecular formula is C27H23NO8. The Bertz CT molecular complexity index is 1430. The molecule has 0 bridgehead atoms. The van der Waals surface area contributed by atoms with E-state index in [1.54, 1.807) is 74.7 Å². The highest BCUT2D eigenvalue weighted by Crippen LogP contribution is 2.25. The second kappa shape index (κ2) is 11.1. The van der Waals surface area contributed by atoms with Crippen molar-refractivity contribution < 1.29 is 33.0 Å². The first-order valence-corrected chi connectivity index (χ1v) is 11.0. The zero-order valence-electron chi connectivity index (χ0n) is 19.6. The molecule has 1 heterocycles. The molecule has 0 radical (unpaired) electrons. The summed E-state index contributed by atoms with van der Waals surface area (Å²) < 4.78 is 26.8. The lowest BCUT2D eigenvalue weighted by molar-refractivity contribution is -0.118. The van der Waals surface area contributed by atoms with Gasteiger partial charge < -0.3 is 28.7 Å².